The molecule has 6 heteroatoms. The molecule has 2 nitrogen and oxygen atoms in total. The van der Waals surface area contributed by atoms with E-state index in [4.69, 9.17) is 46.4 Å². The summed E-state index contributed by atoms with van der Waals surface area (Å²) in [5, 5.41) is 0.0267. The van der Waals surface area contributed by atoms with E-state index in [1.807, 2.05) is 0 Å². The van der Waals surface area contributed by atoms with E-state index in [9.17, 15) is 4.79 Å². The molecule has 1 aromatic rings. The maximum atomic E-state index is 11.4. The van der Waals surface area contributed by atoms with Crippen LogP contribution in [0.3, 0.4) is 0 Å². The van der Waals surface area contributed by atoms with E-state index in [-0.39, 0.29) is 10.7 Å². The van der Waals surface area contributed by atoms with Gasteiger partial charge in [-0.25, -0.2) is 4.98 Å². The molecule has 0 fully saturated rings. The largest absolute Gasteiger partial charge is 0.289 e. The van der Waals surface area contributed by atoms with Crippen molar-refractivity contribution < 1.29 is 4.79 Å². The van der Waals surface area contributed by atoms with Gasteiger partial charge in [-0.1, -0.05) is 46.4 Å². The van der Waals surface area contributed by atoms with E-state index in [1.165, 1.54) is 18.3 Å². The van der Waals surface area contributed by atoms with Gasteiger partial charge in [0.15, 0.2) is 0 Å². The lowest BCUT2D eigenvalue weighted by molar-refractivity contribution is 0.0996. The number of carbonyl (C=O) groups excluding carboxylic acids is 1. The lowest BCUT2D eigenvalue weighted by Gasteiger charge is -2.09. The summed E-state index contributed by atoms with van der Waals surface area (Å²) >= 11 is 21.8. The van der Waals surface area contributed by atoms with Gasteiger partial charge in [-0.2, -0.15) is 0 Å². The summed E-state index contributed by atoms with van der Waals surface area (Å²) in [4.78, 5) is 15.0. The molecule has 0 spiro atoms. The Morgan fingerprint density at radius 2 is 2.00 bits per heavy atom. The van der Waals surface area contributed by atoms with E-state index < -0.39 is 9.58 Å². The quantitative estimate of drug-likeness (QED) is 0.440. The van der Waals surface area contributed by atoms with Gasteiger partial charge < -0.3 is 0 Å². The van der Waals surface area contributed by atoms with Crippen LogP contribution in [0.4, 0.5) is 0 Å². The Balaban J connectivity index is 3.10. The van der Waals surface area contributed by atoms with Gasteiger partial charge in [-0.05, 0) is 12.1 Å². The second kappa shape index (κ2) is 4.01. The molecular weight excluding hydrogens is 256 g/mol. The molecule has 1 aromatic heterocycles. The highest BCUT2D eigenvalue weighted by Gasteiger charge is 2.33. The first-order chi connectivity index (χ1) is 5.93. The predicted molar refractivity (Wildman–Crippen MR) is 53.9 cm³/mol. The van der Waals surface area contributed by atoms with Crippen molar-refractivity contribution >= 4 is 52.2 Å². The minimum absolute atomic E-state index is 0.0267. The van der Waals surface area contributed by atoms with Gasteiger partial charge in [0.05, 0.1) is 5.56 Å². The molecule has 0 atom stereocenters. The molecule has 0 N–H and O–H groups in total. The number of Topliss-reactive ketones (excluding diaryl/α,β-unsaturated/α-hetero) is 1. The van der Waals surface area contributed by atoms with Crippen LogP contribution in [0.5, 0.6) is 0 Å². The second-order valence-corrected chi connectivity index (χ2v) is 4.81. The molecule has 0 aromatic carbocycles. The monoisotopic (exact) mass is 257 g/mol. The average Bonchev–Trinajstić information content (AvgIpc) is 2.02. The van der Waals surface area contributed by atoms with Gasteiger partial charge in [0.25, 0.3) is 3.79 Å². The van der Waals surface area contributed by atoms with Crippen molar-refractivity contribution in [3.63, 3.8) is 0 Å². The molecule has 0 aliphatic rings. The SMILES string of the molecule is O=C(c1cccnc1Cl)C(Cl)(Cl)Cl. The maximum Gasteiger partial charge on any atom is 0.253 e. The van der Waals surface area contributed by atoms with Gasteiger partial charge >= 0.3 is 0 Å². The Morgan fingerprint density at radius 1 is 1.38 bits per heavy atom. The molecule has 0 aliphatic heterocycles. The number of rotatable bonds is 1. The van der Waals surface area contributed by atoms with Gasteiger partial charge in [0, 0.05) is 6.20 Å². The van der Waals surface area contributed by atoms with Crippen molar-refractivity contribution in [1.82, 2.24) is 4.98 Å². The molecule has 0 aliphatic carbocycles. The molecule has 0 amide bonds. The third kappa shape index (κ3) is 2.71. The van der Waals surface area contributed by atoms with Crippen LogP contribution in [0.15, 0.2) is 18.3 Å². The van der Waals surface area contributed by atoms with Gasteiger partial charge in [0.2, 0.25) is 5.78 Å². The molecule has 70 valence electrons. The standard InChI is InChI=1S/C7H3Cl4NO/c8-6-4(2-1-3-12-6)5(13)7(9,10)11/h1-3H. The molecular formula is C7H3Cl4NO. The minimum Gasteiger partial charge on any atom is -0.289 e. The molecule has 0 bridgehead atoms. The van der Waals surface area contributed by atoms with Crippen molar-refractivity contribution in [2.24, 2.45) is 0 Å². The Bertz CT molecular complexity index is 334. The van der Waals surface area contributed by atoms with Crippen molar-refractivity contribution in [3.8, 4) is 0 Å². The Kier molecular flexibility index (Phi) is 3.41. The lowest BCUT2D eigenvalue weighted by atomic mass is 10.2. The number of alkyl halides is 3. The number of hydrogen-bond acceptors (Lipinski definition) is 2. The van der Waals surface area contributed by atoms with Crippen LogP contribution < -0.4 is 0 Å². The Hall–Kier alpha value is -0.0200. The number of carbonyl (C=O) groups is 1. The van der Waals surface area contributed by atoms with Crippen molar-refractivity contribution in [3.05, 3.63) is 29.0 Å². The summed E-state index contributed by atoms with van der Waals surface area (Å²) in [5.41, 5.74) is 0.101. The van der Waals surface area contributed by atoms with Crippen LogP contribution in [0, 0.1) is 0 Å². The van der Waals surface area contributed by atoms with E-state index in [0.717, 1.165) is 0 Å². The fraction of sp³-hybridized carbons (Fsp3) is 0.143. The van der Waals surface area contributed by atoms with Gasteiger partial charge in [-0.15, -0.1) is 0 Å². The van der Waals surface area contributed by atoms with Crippen LogP contribution >= 0.6 is 46.4 Å². The molecule has 0 radical (unpaired) electrons. The summed E-state index contributed by atoms with van der Waals surface area (Å²) in [6.45, 7) is 0. The number of aromatic nitrogens is 1. The van der Waals surface area contributed by atoms with Crippen molar-refractivity contribution in [2.75, 3.05) is 0 Å². The topological polar surface area (TPSA) is 30.0 Å². The first kappa shape index (κ1) is 11.1. The highest BCUT2D eigenvalue weighted by atomic mass is 35.6. The smallest absolute Gasteiger partial charge is 0.253 e. The summed E-state index contributed by atoms with van der Waals surface area (Å²) in [6.07, 6.45) is 1.44. The average molecular weight is 259 g/mol. The van der Waals surface area contributed by atoms with E-state index in [2.05, 4.69) is 4.98 Å². The molecule has 0 saturated heterocycles. The molecule has 1 heterocycles. The van der Waals surface area contributed by atoms with Crippen LogP contribution in [-0.2, 0) is 0 Å². The second-order valence-electron chi connectivity index (χ2n) is 2.17. The Morgan fingerprint density at radius 3 is 2.46 bits per heavy atom. The van der Waals surface area contributed by atoms with Crippen molar-refractivity contribution in [2.45, 2.75) is 3.79 Å². The zero-order valence-corrected chi connectivity index (χ0v) is 9.12. The fourth-order valence-electron chi connectivity index (χ4n) is 0.708. The number of hydrogen-bond donors (Lipinski definition) is 0. The third-order valence-electron chi connectivity index (χ3n) is 1.26. The number of pyridine rings is 1. The highest BCUT2D eigenvalue weighted by molar-refractivity contribution is 6.77. The van der Waals surface area contributed by atoms with Gasteiger partial charge in [-0.3, -0.25) is 4.79 Å². The Labute approximate surface area is 94.8 Å². The van der Waals surface area contributed by atoms with Crippen molar-refractivity contribution in [1.29, 1.82) is 0 Å². The summed E-state index contributed by atoms with van der Waals surface area (Å²) in [5.74, 6) is -0.685. The fourth-order valence-corrected chi connectivity index (χ4v) is 1.22. The van der Waals surface area contributed by atoms with Crippen LogP contribution in [0.25, 0.3) is 0 Å². The molecule has 13 heavy (non-hydrogen) atoms. The molecule has 1 rings (SSSR count). The van der Waals surface area contributed by atoms with E-state index in [0.29, 0.717) is 0 Å². The summed E-state index contributed by atoms with van der Waals surface area (Å²) in [6, 6.07) is 2.98. The van der Waals surface area contributed by atoms with E-state index in [1.54, 1.807) is 0 Å². The van der Waals surface area contributed by atoms with Crippen LogP contribution in [-0.4, -0.2) is 14.6 Å². The first-order valence-corrected chi connectivity index (χ1v) is 4.66. The summed E-state index contributed by atoms with van der Waals surface area (Å²) in [7, 11) is 0. The number of nitrogens with zero attached hydrogens (tertiary/aromatic N) is 1. The first-order valence-electron chi connectivity index (χ1n) is 3.15. The molecule has 0 unspecified atom stereocenters. The van der Waals surface area contributed by atoms with Gasteiger partial charge in [0.1, 0.15) is 5.15 Å². The zero-order chi connectivity index (χ0) is 10.1. The normalized spacial score (nSPS) is 11.4. The lowest BCUT2D eigenvalue weighted by Crippen LogP contribution is -2.19. The number of halogens is 4. The maximum absolute atomic E-state index is 11.4. The van der Waals surface area contributed by atoms with E-state index >= 15 is 0 Å². The predicted octanol–water partition coefficient (Wildman–Crippen LogP) is 3.29. The summed E-state index contributed by atoms with van der Waals surface area (Å²) < 4.78 is -1.99. The highest BCUT2D eigenvalue weighted by Crippen LogP contribution is 2.31. The zero-order valence-electron chi connectivity index (χ0n) is 6.10. The number of ketones is 1. The van der Waals surface area contributed by atoms with Crippen LogP contribution in [0.1, 0.15) is 10.4 Å². The van der Waals surface area contributed by atoms with Crippen LogP contribution in [0.2, 0.25) is 5.15 Å². The third-order valence-corrected chi connectivity index (χ3v) is 2.08. The minimum atomic E-state index is -1.99. The molecule has 0 saturated carbocycles.